The minimum Gasteiger partial charge on any atom is -0.504 e. The first-order valence-electron chi connectivity index (χ1n) is 6.43. The van der Waals surface area contributed by atoms with Crippen molar-refractivity contribution in [1.29, 1.82) is 0 Å². The fraction of sp³-hybridized carbons (Fsp3) is 0.333. The van der Waals surface area contributed by atoms with E-state index in [9.17, 15) is 14.7 Å². The Labute approximate surface area is 122 Å². The van der Waals surface area contributed by atoms with E-state index in [1.165, 1.54) is 20.1 Å². The minimum absolute atomic E-state index is 0.107. The lowest BCUT2D eigenvalue weighted by molar-refractivity contribution is -0.141. The summed E-state index contributed by atoms with van der Waals surface area (Å²) in [6.07, 6.45) is 3.35. The number of hydrogen-bond donors (Lipinski definition) is 2. The van der Waals surface area contributed by atoms with E-state index >= 15 is 0 Å². The van der Waals surface area contributed by atoms with Gasteiger partial charge in [-0.05, 0) is 13.8 Å². The van der Waals surface area contributed by atoms with Gasteiger partial charge in [-0.15, -0.1) is 0 Å². The Morgan fingerprint density at radius 2 is 2.19 bits per heavy atom. The molecule has 1 amide bonds. The Bertz CT molecular complexity index is 650. The molecule has 0 saturated heterocycles. The maximum atomic E-state index is 12.2. The molecule has 112 valence electrons. The number of carbonyl (C=O) groups excluding carboxylic acids is 2. The molecule has 2 rings (SSSR count). The van der Waals surface area contributed by atoms with E-state index in [4.69, 9.17) is 9.47 Å². The summed E-state index contributed by atoms with van der Waals surface area (Å²) >= 11 is 0. The van der Waals surface area contributed by atoms with E-state index in [0.29, 0.717) is 11.1 Å². The van der Waals surface area contributed by atoms with Crippen LogP contribution in [-0.4, -0.2) is 24.1 Å². The molecule has 1 heterocycles. The number of phenolic OH excluding ortho intramolecular Hbond substituents is 1. The van der Waals surface area contributed by atoms with Gasteiger partial charge in [-0.2, -0.15) is 0 Å². The molecule has 21 heavy (non-hydrogen) atoms. The van der Waals surface area contributed by atoms with Gasteiger partial charge in [0, 0.05) is 24.1 Å². The van der Waals surface area contributed by atoms with E-state index in [1.807, 2.05) is 0 Å². The molecule has 1 aromatic carbocycles. The first-order valence-corrected chi connectivity index (χ1v) is 6.43. The van der Waals surface area contributed by atoms with Crippen LogP contribution in [0.15, 0.2) is 12.1 Å². The molecular formula is C15H17NO5. The number of fused-ring (bicyclic) bond motifs is 1. The summed E-state index contributed by atoms with van der Waals surface area (Å²) in [6, 6.07) is 1.43. The molecule has 0 fully saturated rings. The lowest BCUT2D eigenvalue weighted by atomic mass is 9.88. The lowest BCUT2D eigenvalue weighted by Gasteiger charge is -2.23. The molecule has 0 saturated carbocycles. The van der Waals surface area contributed by atoms with Gasteiger partial charge < -0.3 is 19.9 Å². The summed E-state index contributed by atoms with van der Waals surface area (Å²) in [5, 5.41) is 12.9. The van der Waals surface area contributed by atoms with Gasteiger partial charge >= 0.3 is 5.97 Å². The monoisotopic (exact) mass is 291 g/mol. The smallest absolute Gasteiger partial charge is 0.341 e. The number of allylic oxidation sites excluding steroid dienone is 1. The SMILES string of the molecule is C/C=C\c1c(O)c(OC)cc2c1C(C)(NC(C)=O)C(=O)O2. The number of carbonyl (C=O) groups is 2. The van der Waals surface area contributed by atoms with Crippen molar-refractivity contribution >= 4 is 18.0 Å². The number of nitrogens with one attached hydrogen (secondary N) is 1. The van der Waals surface area contributed by atoms with Crippen molar-refractivity contribution in [2.75, 3.05) is 7.11 Å². The Morgan fingerprint density at radius 3 is 2.71 bits per heavy atom. The number of hydrogen-bond acceptors (Lipinski definition) is 5. The Kier molecular flexibility index (Phi) is 3.63. The highest BCUT2D eigenvalue weighted by Gasteiger charge is 2.48. The quantitative estimate of drug-likeness (QED) is 0.654. The summed E-state index contributed by atoms with van der Waals surface area (Å²) in [5.41, 5.74) is -0.548. The van der Waals surface area contributed by atoms with Crippen LogP contribution in [-0.2, 0) is 15.1 Å². The van der Waals surface area contributed by atoms with E-state index < -0.39 is 11.5 Å². The van der Waals surface area contributed by atoms with Crippen LogP contribution in [0.2, 0.25) is 0 Å². The highest BCUT2D eigenvalue weighted by molar-refractivity contribution is 5.96. The zero-order valence-corrected chi connectivity index (χ0v) is 12.3. The van der Waals surface area contributed by atoms with Crippen molar-refractivity contribution in [3.05, 3.63) is 23.3 Å². The first-order chi connectivity index (χ1) is 9.85. The zero-order valence-electron chi connectivity index (χ0n) is 12.3. The average Bonchev–Trinajstić information content (AvgIpc) is 2.63. The Morgan fingerprint density at radius 1 is 1.52 bits per heavy atom. The van der Waals surface area contributed by atoms with Crippen molar-refractivity contribution in [2.24, 2.45) is 0 Å². The summed E-state index contributed by atoms with van der Waals surface area (Å²) in [6.45, 7) is 4.63. The minimum atomic E-state index is -1.35. The third kappa shape index (κ3) is 2.22. The van der Waals surface area contributed by atoms with Crippen LogP contribution in [0.5, 0.6) is 17.2 Å². The molecule has 1 unspecified atom stereocenters. The second kappa shape index (κ2) is 5.12. The standard InChI is InChI=1S/C15H17NO5/c1-5-6-9-12-10(7-11(20-4)13(9)18)21-14(19)15(12,3)16-8(2)17/h5-7,18H,1-4H3,(H,16,17)/b6-5-. The van der Waals surface area contributed by atoms with Crippen molar-refractivity contribution < 1.29 is 24.2 Å². The predicted octanol–water partition coefficient (Wildman–Crippen LogP) is 1.70. The molecule has 1 aromatic rings. The van der Waals surface area contributed by atoms with Crippen LogP contribution >= 0.6 is 0 Å². The van der Waals surface area contributed by atoms with Gasteiger partial charge in [0.1, 0.15) is 5.75 Å². The predicted molar refractivity (Wildman–Crippen MR) is 76.2 cm³/mol. The number of benzene rings is 1. The normalized spacial score (nSPS) is 20.3. The first kappa shape index (κ1) is 14.9. The highest BCUT2D eigenvalue weighted by atomic mass is 16.5. The van der Waals surface area contributed by atoms with Crippen molar-refractivity contribution in [3.8, 4) is 17.2 Å². The van der Waals surface area contributed by atoms with Crippen molar-refractivity contribution in [1.82, 2.24) is 5.32 Å². The van der Waals surface area contributed by atoms with Crippen molar-refractivity contribution in [2.45, 2.75) is 26.3 Å². The van der Waals surface area contributed by atoms with Gasteiger partial charge in [0.15, 0.2) is 17.0 Å². The second-order valence-corrected chi connectivity index (χ2v) is 4.91. The highest BCUT2D eigenvalue weighted by Crippen LogP contribution is 2.48. The van der Waals surface area contributed by atoms with Gasteiger partial charge in [0.05, 0.1) is 7.11 Å². The average molecular weight is 291 g/mol. The molecule has 0 aliphatic carbocycles. The molecule has 1 aliphatic rings. The number of phenols is 1. The summed E-state index contributed by atoms with van der Waals surface area (Å²) in [5.74, 6) is -0.625. The number of ether oxygens (including phenoxy) is 2. The van der Waals surface area contributed by atoms with E-state index in [2.05, 4.69) is 5.32 Å². The summed E-state index contributed by atoms with van der Waals surface area (Å²) in [4.78, 5) is 23.6. The topological polar surface area (TPSA) is 84.9 Å². The second-order valence-electron chi connectivity index (χ2n) is 4.91. The number of amides is 1. The summed E-state index contributed by atoms with van der Waals surface area (Å²) in [7, 11) is 1.41. The molecule has 1 atom stereocenters. The van der Waals surface area contributed by atoms with Crippen molar-refractivity contribution in [3.63, 3.8) is 0 Å². The van der Waals surface area contributed by atoms with Crippen LogP contribution in [0.1, 0.15) is 31.9 Å². The molecular weight excluding hydrogens is 274 g/mol. The van der Waals surface area contributed by atoms with Gasteiger partial charge in [-0.3, -0.25) is 4.79 Å². The van der Waals surface area contributed by atoms with E-state index in [1.54, 1.807) is 26.0 Å². The number of esters is 1. The van der Waals surface area contributed by atoms with Crippen LogP contribution in [0.3, 0.4) is 0 Å². The Balaban J connectivity index is 2.76. The largest absolute Gasteiger partial charge is 0.504 e. The molecule has 2 N–H and O–H groups in total. The van der Waals surface area contributed by atoms with Gasteiger partial charge in [-0.25, -0.2) is 4.79 Å². The van der Waals surface area contributed by atoms with Crippen LogP contribution in [0, 0.1) is 0 Å². The summed E-state index contributed by atoms with van der Waals surface area (Å²) < 4.78 is 10.3. The zero-order chi connectivity index (χ0) is 15.8. The fourth-order valence-electron chi connectivity index (χ4n) is 2.49. The van der Waals surface area contributed by atoms with E-state index in [-0.39, 0.29) is 23.2 Å². The maximum Gasteiger partial charge on any atom is 0.341 e. The lowest BCUT2D eigenvalue weighted by Crippen LogP contribution is -2.47. The van der Waals surface area contributed by atoms with E-state index in [0.717, 1.165) is 0 Å². The number of rotatable bonds is 3. The van der Waals surface area contributed by atoms with Crippen LogP contribution in [0.4, 0.5) is 0 Å². The Hall–Kier alpha value is -2.50. The molecule has 6 heteroatoms. The van der Waals surface area contributed by atoms with Crippen LogP contribution in [0.25, 0.3) is 6.08 Å². The number of methoxy groups -OCH3 is 1. The third-order valence-electron chi connectivity index (χ3n) is 3.36. The van der Waals surface area contributed by atoms with Gasteiger partial charge in [-0.1, -0.05) is 12.2 Å². The molecule has 6 nitrogen and oxygen atoms in total. The molecule has 1 aliphatic heterocycles. The van der Waals surface area contributed by atoms with Gasteiger partial charge in [0.25, 0.3) is 0 Å². The molecule has 0 radical (unpaired) electrons. The third-order valence-corrected chi connectivity index (χ3v) is 3.36. The molecule has 0 spiro atoms. The molecule has 0 aromatic heterocycles. The molecule has 0 bridgehead atoms. The van der Waals surface area contributed by atoms with Gasteiger partial charge in [0.2, 0.25) is 5.91 Å². The maximum absolute atomic E-state index is 12.2. The fourth-order valence-corrected chi connectivity index (χ4v) is 2.49. The number of aromatic hydroxyl groups is 1. The van der Waals surface area contributed by atoms with Crippen LogP contribution < -0.4 is 14.8 Å².